The van der Waals surface area contributed by atoms with Crippen LogP contribution in [0.1, 0.15) is 66.7 Å². The van der Waals surface area contributed by atoms with Gasteiger partial charge in [0.05, 0.1) is 24.5 Å². The van der Waals surface area contributed by atoms with Crippen molar-refractivity contribution in [3.8, 4) is 0 Å². The van der Waals surface area contributed by atoms with Crippen LogP contribution in [-0.4, -0.2) is 65.8 Å². The number of tetrazole rings is 1. The molecule has 0 bridgehead atoms. The Labute approximate surface area is 182 Å². The lowest BCUT2D eigenvalue weighted by Gasteiger charge is -2.28. The molecule has 0 radical (unpaired) electrons. The predicted octanol–water partition coefficient (Wildman–Crippen LogP) is 1.46. The summed E-state index contributed by atoms with van der Waals surface area (Å²) in [6, 6.07) is 0. The van der Waals surface area contributed by atoms with E-state index in [4.69, 9.17) is 9.47 Å². The summed E-state index contributed by atoms with van der Waals surface area (Å²) in [5.41, 5.74) is -2.27. The molecule has 0 saturated heterocycles. The summed E-state index contributed by atoms with van der Waals surface area (Å²) in [7, 11) is -3.79. The molecule has 1 aromatic rings. The van der Waals surface area contributed by atoms with Crippen LogP contribution in [0.4, 0.5) is 0 Å². The highest BCUT2D eigenvalue weighted by molar-refractivity contribution is 7.91. The SMILES string of the molecule is CCOC(=O)C(CCC=O)(CCCCS(=O)(=O)c1nnnn1C(C)(C)C)C(=O)OCC. The number of aldehydes is 1. The number of aromatic nitrogens is 4. The van der Waals surface area contributed by atoms with E-state index in [9.17, 15) is 22.8 Å². The van der Waals surface area contributed by atoms with Gasteiger partial charge in [-0.15, -0.1) is 0 Å². The van der Waals surface area contributed by atoms with E-state index in [0.717, 1.165) is 0 Å². The zero-order valence-corrected chi connectivity index (χ0v) is 19.6. The second-order valence-corrected chi connectivity index (χ2v) is 10.1. The van der Waals surface area contributed by atoms with Crippen molar-refractivity contribution in [1.29, 1.82) is 0 Å². The molecule has 31 heavy (non-hydrogen) atoms. The smallest absolute Gasteiger partial charge is 0.323 e. The Balaban J connectivity index is 2.98. The average Bonchev–Trinajstić information content (AvgIpc) is 3.19. The fraction of sp³-hybridized carbons (Fsp3) is 0.789. The molecule has 0 unspecified atom stereocenters. The Bertz CT molecular complexity index is 841. The topological polar surface area (TPSA) is 147 Å². The molecule has 12 heteroatoms. The van der Waals surface area contributed by atoms with Crippen molar-refractivity contribution in [2.45, 2.75) is 77.4 Å². The maximum Gasteiger partial charge on any atom is 0.323 e. The van der Waals surface area contributed by atoms with Crippen LogP contribution in [0.3, 0.4) is 0 Å². The van der Waals surface area contributed by atoms with Crippen LogP contribution in [0.5, 0.6) is 0 Å². The monoisotopic (exact) mass is 460 g/mol. The third-order valence-corrected chi connectivity index (χ3v) is 6.28. The minimum atomic E-state index is -3.79. The predicted molar refractivity (Wildman–Crippen MR) is 110 cm³/mol. The van der Waals surface area contributed by atoms with E-state index in [1.54, 1.807) is 34.6 Å². The summed E-state index contributed by atoms with van der Waals surface area (Å²) in [5.74, 6) is -1.80. The summed E-state index contributed by atoms with van der Waals surface area (Å²) >= 11 is 0. The molecule has 0 aliphatic carbocycles. The molecule has 0 spiro atoms. The van der Waals surface area contributed by atoms with Crippen LogP contribution in [-0.2, 0) is 39.2 Å². The molecule has 0 fully saturated rings. The minimum absolute atomic E-state index is 0.00175. The van der Waals surface area contributed by atoms with E-state index >= 15 is 0 Å². The quantitative estimate of drug-likeness (QED) is 0.183. The van der Waals surface area contributed by atoms with Gasteiger partial charge in [-0.1, -0.05) is 11.5 Å². The van der Waals surface area contributed by atoms with E-state index in [-0.39, 0.29) is 56.2 Å². The molecule has 176 valence electrons. The number of esters is 2. The first kappa shape index (κ1) is 26.7. The van der Waals surface area contributed by atoms with E-state index in [2.05, 4.69) is 15.5 Å². The molecular formula is C19H32N4O7S. The summed E-state index contributed by atoms with van der Waals surface area (Å²) in [6.45, 7) is 8.68. The second-order valence-electron chi connectivity index (χ2n) is 8.05. The molecule has 0 N–H and O–H groups in total. The van der Waals surface area contributed by atoms with Crippen molar-refractivity contribution in [2.24, 2.45) is 5.41 Å². The van der Waals surface area contributed by atoms with Crippen LogP contribution >= 0.6 is 0 Å². The fourth-order valence-corrected chi connectivity index (χ4v) is 4.57. The van der Waals surface area contributed by atoms with Crippen LogP contribution in [0.15, 0.2) is 5.16 Å². The number of nitrogens with zero attached hydrogens (tertiary/aromatic N) is 4. The number of ether oxygens (including phenoxy) is 2. The number of sulfone groups is 1. The maximum atomic E-state index is 12.7. The number of unbranched alkanes of at least 4 members (excludes halogenated alkanes) is 1. The average molecular weight is 461 g/mol. The molecule has 1 heterocycles. The number of carbonyl (C=O) groups excluding carboxylic acids is 3. The van der Waals surface area contributed by atoms with Gasteiger partial charge in [0, 0.05) is 6.42 Å². The largest absolute Gasteiger partial charge is 0.465 e. The molecule has 11 nitrogen and oxygen atoms in total. The van der Waals surface area contributed by atoms with Gasteiger partial charge in [-0.25, -0.2) is 13.1 Å². The van der Waals surface area contributed by atoms with Crippen molar-refractivity contribution in [1.82, 2.24) is 20.2 Å². The van der Waals surface area contributed by atoms with E-state index < -0.39 is 32.7 Å². The summed E-state index contributed by atoms with van der Waals surface area (Å²) in [6.07, 6.45) is 0.884. The molecule has 1 aromatic heterocycles. The van der Waals surface area contributed by atoms with Crippen LogP contribution in [0.2, 0.25) is 0 Å². The number of rotatable bonds is 13. The number of hydrogen-bond donors (Lipinski definition) is 0. The Kier molecular flexibility index (Phi) is 9.72. The van der Waals surface area contributed by atoms with Crippen LogP contribution in [0.25, 0.3) is 0 Å². The zero-order chi connectivity index (χ0) is 23.7. The summed E-state index contributed by atoms with van der Waals surface area (Å²) in [5, 5.41) is 10.7. The fourth-order valence-electron chi connectivity index (χ4n) is 3.06. The van der Waals surface area contributed by atoms with Crippen molar-refractivity contribution < 1.29 is 32.3 Å². The number of carbonyl (C=O) groups is 3. The third-order valence-electron chi connectivity index (χ3n) is 4.64. The van der Waals surface area contributed by atoms with Gasteiger partial charge in [0.25, 0.3) is 5.16 Å². The van der Waals surface area contributed by atoms with Gasteiger partial charge in [-0.2, -0.15) is 0 Å². The highest BCUT2D eigenvalue weighted by Crippen LogP contribution is 2.34. The zero-order valence-electron chi connectivity index (χ0n) is 18.8. The van der Waals surface area contributed by atoms with E-state index in [1.807, 2.05) is 0 Å². The van der Waals surface area contributed by atoms with E-state index in [0.29, 0.717) is 6.29 Å². The van der Waals surface area contributed by atoms with Crippen molar-refractivity contribution in [2.75, 3.05) is 19.0 Å². The lowest BCUT2D eigenvalue weighted by atomic mass is 9.78. The first-order chi connectivity index (χ1) is 14.5. The highest BCUT2D eigenvalue weighted by Gasteiger charge is 2.47. The lowest BCUT2D eigenvalue weighted by Crippen LogP contribution is -2.42. The molecule has 0 aliphatic heterocycles. The van der Waals surface area contributed by atoms with Gasteiger partial charge in [0.15, 0.2) is 5.41 Å². The molecule has 0 amide bonds. The van der Waals surface area contributed by atoms with Crippen molar-refractivity contribution in [3.05, 3.63) is 0 Å². The normalized spacial score (nSPS) is 12.4. The first-order valence-electron chi connectivity index (χ1n) is 10.3. The van der Waals surface area contributed by atoms with Gasteiger partial charge >= 0.3 is 11.9 Å². The van der Waals surface area contributed by atoms with Gasteiger partial charge < -0.3 is 14.3 Å². The molecule has 0 atom stereocenters. The molecule has 0 aromatic carbocycles. The lowest BCUT2D eigenvalue weighted by molar-refractivity contribution is -0.173. The number of hydrogen-bond acceptors (Lipinski definition) is 10. The van der Waals surface area contributed by atoms with Gasteiger partial charge in [0.2, 0.25) is 9.84 Å². The Hall–Kier alpha value is -2.37. The van der Waals surface area contributed by atoms with Gasteiger partial charge in [0.1, 0.15) is 6.29 Å². The van der Waals surface area contributed by atoms with E-state index in [1.165, 1.54) is 4.68 Å². The highest BCUT2D eigenvalue weighted by atomic mass is 32.2. The third kappa shape index (κ3) is 6.81. The van der Waals surface area contributed by atoms with Crippen LogP contribution < -0.4 is 0 Å². The van der Waals surface area contributed by atoms with Crippen molar-refractivity contribution >= 4 is 28.1 Å². The Morgan fingerprint density at radius 1 is 1.03 bits per heavy atom. The Morgan fingerprint density at radius 2 is 1.61 bits per heavy atom. The summed E-state index contributed by atoms with van der Waals surface area (Å²) in [4.78, 5) is 36.2. The molecule has 0 saturated carbocycles. The molecule has 0 aliphatic rings. The summed E-state index contributed by atoms with van der Waals surface area (Å²) < 4.78 is 36.9. The van der Waals surface area contributed by atoms with Crippen LogP contribution in [0, 0.1) is 5.41 Å². The molecule has 1 rings (SSSR count). The van der Waals surface area contributed by atoms with Crippen molar-refractivity contribution in [3.63, 3.8) is 0 Å². The Morgan fingerprint density at radius 3 is 2.10 bits per heavy atom. The molecular weight excluding hydrogens is 428 g/mol. The minimum Gasteiger partial charge on any atom is -0.465 e. The van der Waals surface area contributed by atoms with Gasteiger partial charge in [-0.05, 0) is 64.3 Å². The first-order valence-corrected chi connectivity index (χ1v) is 11.9. The second kappa shape index (κ2) is 11.3. The maximum absolute atomic E-state index is 12.7. The standard InChI is InChI=1S/C19H32N4O7S/c1-6-29-15(25)19(12-10-13-24,16(26)30-7-2)11-8-9-14-31(27,28)17-20-21-22-23(17)18(3,4)5/h13H,6-12,14H2,1-5H3. The van der Waals surface area contributed by atoms with Gasteiger partial charge in [-0.3, -0.25) is 9.59 Å².